The SMILES string of the molecule is CC(C)(C)c1cc(NC(=O)c2ccccc2Cl)n(C2CCS(=O)(=O)C2)n1. The molecule has 2 aromatic rings. The molecule has 26 heavy (non-hydrogen) atoms. The van der Waals surface area contributed by atoms with E-state index in [1.165, 1.54) is 0 Å². The summed E-state index contributed by atoms with van der Waals surface area (Å²) in [5.74, 6) is 0.313. The summed E-state index contributed by atoms with van der Waals surface area (Å²) in [5.41, 5.74) is 0.918. The monoisotopic (exact) mass is 395 g/mol. The smallest absolute Gasteiger partial charge is 0.258 e. The minimum absolute atomic E-state index is 0.0349. The van der Waals surface area contributed by atoms with Crippen LogP contribution >= 0.6 is 11.6 Å². The van der Waals surface area contributed by atoms with Crippen LogP contribution in [0.3, 0.4) is 0 Å². The number of carbonyl (C=O) groups excluding carboxylic acids is 1. The van der Waals surface area contributed by atoms with Gasteiger partial charge in [-0.05, 0) is 18.6 Å². The highest BCUT2D eigenvalue weighted by Gasteiger charge is 2.33. The van der Waals surface area contributed by atoms with Crippen LogP contribution in [0.1, 0.15) is 49.3 Å². The average molecular weight is 396 g/mol. The molecule has 1 amide bonds. The molecule has 0 saturated carbocycles. The number of halogens is 1. The summed E-state index contributed by atoms with van der Waals surface area (Å²) >= 11 is 6.10. The van der Waals surface area contributed by atoms with Gasteiger partial charge in [-0.15, -0.1) is 0 Å². The highest BCUT2D eigenvalue weighted by molar-refractivity contribution is 7.91. The highest BCUT2D eigenvalue weighted by atomic mass is 35.5. The van der Waals surface area contributed by atoms with Crippen molar-refractivity contribution < 1.29 is 13.2 Å². The van der Waals surface area contributed by atoms with Crippen LogP contribution in [0.4, 0.5) is 5.82 Å². The van der Waals surface area contributed by atoms with Gasteiger partial charge >= 0.3 is 0 Å². The molecule has 0 bridgehead atoms. The standard InChI is InChI=1S/C18H22ClN3O3S/c1-18(2,3)15-10-16(20-17(23)13-6-4-5-7-14(13)19)22(21-15)12-8-9-26(24,25)11-12/h4-7,10,12H,8-9,11H2,1-3H3,(H,20,23). The third-order valence-corrected chi connectivity index (χ3v) is 6.50. The number of nitrogens with zero attached hydrogens (tertiary/aromatic N) is 2. The van der Waals surface area contributed by atoms with Gasteiger partial charge in [-0.2, -0.15) is 5.10 Å². The number of hydrogen-bond donors (Lipinski definition) is 1. The molecule has 1 unspecified atom stereocenters. The van der Waals surface area contributed by atoms with E-state index in [0.717, 1.165) is 5.69 Å². The van der Waals surface area contributed by atoms with Crippen molar-refractivity contribution in [3.8, 4) is 0 Å². The quantitative estimate of drug-likeness (QED) is 0.862. The first-order valence-electron chi connectivity index (χ1n) is 8.43. The molecule has 0 aliphatic carbocycles. The first kappa shape index (κ1) is 18.9. The zero-order valence-electron chi connectivity index (χ0n) is 15.0. The lowest BCUT2D eigenvalue weighted by atomic mass is 9.92. The summed E-state index contributed by atoms with van der Waals surface area (Å²) in [5, 5.41) is 7.81. The van der Waals surface area contributed by atoms with Gasteiger partial charge < -0.3 is 5.32 Å². The van der Waals surface area contributed by atoms with Crippen LogP contribution in [-0.2, 0) is 15.3 Å². The van der Waals surface area contributed by atoms with Crippen LogP contribution in [0.15, 0.2) is 30.3 Å². The van der Waals surface area contributed by atoms with Gasteiger partial charge in [-0.1, -0.05) is 44.5 Å². The number of hydrogen-bond acceptors (Lipinski definition) is 4. The van der Waals surface area contributed by atoms with Gasteiger partial charge in [0.05, 0.1) is 33.8 Å². The van der Waals surface area contributed by atoms with Gasteiger partial charge in [-0.3, -0.25) is 4.79 Å². The largest absolute Gasteiger partial charge is 0.307 e. The summed E-state index contributed by atoms with van der Waals surface area (Å²) in [6, 6.07) is 8.31. The maximum absolute atomic E-state index is 12.6. The van der Waals surface area contributed by atoms with E-state index < -0.39 is 9.84 Å². The molecule has 1 aromatic carbocycles. The van der Waals surface area contributed by atoms with Crippen molar-refractivity contribution in [1.29, 1.82) is 0 Å². The number of nitrogens with one attached hydrogen (secondary N) is 1. The third kappa shape index (κ3) is 3.94. The van der Waals surface area contributed by atoms with Crippen LogP contribution in [0.2, 0.25) is 5.02 Å². The molecular formula is C18H22ClN3O3S. The Kier molecular flexibility index (Phi) is 4.88. The summed E-state index contributed by atoms with van der Waals surface area (Å²) < 4.78 is 25.4. The van der Waals surface area contributed by atoms with Crippen LogP contribution in [0, 0.1) is 0 Å². The summed E-state index contributed by atoms with van der Waals surface area (Å²) in [6.07, 6.45) is 0.489. The molecule has 1 N–H and O–H groups in total. The zero-order chi connectivity index (χ0) is 19.1. The van der Waals surface area contributed by atoms with Crippen molar-refractivity contribution in [3.05, 3.63) is 46.6 Å². The molecule has 1 aliphatic rings. The van der Waals surface area contributed by atoms with Gasteiger partial charge in [0.25, 0.3) is 5.91 Å². The Morgan fingerprint density at radius 2 is 2.00 bits per heavy atom. The van der Waals surface area contributed by atoms with E-state index in [4.69, 9.17) is 11.6 Å². The van der Waals surface area contributed by atoms with Gasteiger partial charge in [0, 0.05) is 11.5 Å². The molecular weight excluding hydrogens is 374 g/mol. The Morgan fingerprint density at radius 3 is 2.58 bits per heavy atom. The fraction of sp³-hybridized carbons (Fsp3) is 0.444. The number of benzene rings is 1. The molecule has 3 rings (SSSR count). The van der Waals surface area contributed by atoms with E-state index in [-0.39, 0.29) is 28.9 Å². The van der Waals surface area contributed by atoms with Crippen molar-refractivity contribution >= 4 is 33.2 Å². The average Bonchev–Trinajstić information content (AvgIpc) is 3.10. The molecule has 0 spiro atoms. The molecule has 1 aromatic heterocycles. The number of aromatic nitrogens is 2. The van der Waals surface area contributed by atoms with Crippen molar-refractivity contribution in [3.63, 3.8) is 0 Å². The van der Waals surface area contributed by atoms with Gasteiger partial charge in [-0.25, -0.2) is 13.1 Å². The number of anilines is 1. The van der Waals surface area contributed by atoms with Crippen molar-refractivity contribution in [2.75, 3.05) is 16.8 Å². The Morgan fingerprint density at radius 1 is 1.31 bits per heavy atom. The van der Waals surface area contributed by atoms with Gasteiger partial charge in [0.15, 0.2) is 9.84 Å². The Hall–Kier alpha value is -1.86. The lowest BCUT2D eigenvalue weighted by molar-refractivity contribution is 0.102. The topological polar surface area (TPSA) is 81.1 Å². The highest BCUT2D eigenvalue weighted by Crippen LogP contribution is 2.31. The first-order chi connectivity index (χ1) is 12.1. The maximum Gasteiger partial charge on any atom is 0.258 e. The maximum atomic E-state index is 12.6. The fourth-order valence-electron chi connectivity index (χ4n) is 2.93. The van der Waals surface area contributed by atoms with Crippen LogP contribution < -0.4 is 5.32 Å². The van der Waals surface area contributed by atoms with E-state index >= 15 is 0 Å². The molecule has 0 radical (unpaired) electrons. The number of amides is 1. The number of rotatable bonds is 3. The van der Waals surface area contributed by atoms with Crippen LogP contribution in [-0.4, -0.2) is 35.6 Å². The molecule has 140 valence electrons. The van der Waals surface area contributed by atoms with E-state index in [1.807, 2.05) is 20.8 Å². The summed E-state index contributed by atoms with van der Waals surface area (Å²) in [7, 11) is -3.07. The van der Waals surface area contributed by atoms with Gasteiger partial charge in [0.1, 0.15) is 5.82 Å². The molecule has 6 nitrogen and oxygen atoms in total. The number of sulfone groups is 1. The second-order valence-electron chi connectivity index (χ2n) is 7.60. The van der Waals surface area contributed by atoms with E-state index in [2.05, 4.69) is 10.4 Å². The Labute approximate surface area is 158 Å². The molecule has 1 aliphatic heterocycles. The van der Waals surface area contributed by atoms with Crippen molar-refractivity contribution in [1.82, 2.24) is 9.78 Å². The fourth-order valence-corrected chi connectivity index (χ4v) is 4.84. The van der Waals surface area contributed by atoms with Gasteiger partial charge in [0.2, 0.25) is 0 Å². The first-order valence-corrected chi connectivity index (χ1v) is 10.6. The van der Waals surface area contributed by atoms with Crippen LogP contribution in [0.5, 0.6) is 0 Å². The van der Waals surface area contributed by atoms with Crippen LogP contribution in [0.25, 0.3) is 0 Å². The minimum Gasteiger partial charge on any atom is -0.307 e. The summed E-state index contributed by atoms with van der Waals surface area (Å²) in [6.45, 7) is 6.06. The predicted octanol–water partition coefficient (Wildman–Crippen LogP) is 3.45. The molecule has 1 saturated heterocycles. The van der Waals surface area contributed by atoms with E-state index in [1.54, 1.807) is 35.0 Å². The van der Waals surface area contributed by atoms with Crippen molar-refractivity contribution in [2.24, 2.45) is 0 Å². The molecule has 8 heteroatoms. The molecule has 1 atom stereocenters. The minimum atomic E-state index is -3.07. The van der Waals surface area contributed by atoms with E-state index in [0.29, 0.717) is 22.8 Å². The summed E-state index contributed by atoms with van der Waals surface area (Å²) in [4.78, 5) is 12.6. The van der Waals surface area contributed by atoms with Crippen molar-refractivity contribution in [2.45, 2.75) is 38.6 Å². The number of carbonyl (C=O) groups is 1. The zero-order valence-corrected chi connectivity index (χ0v) is 16.6. The molecule has 2 heterocycles. The lowest BCUT2D eigenvalue weighted by Gasteiger charge is -2.15. The van der Waals surface area contributed by atoms with E-state index in [9.17, 15) is 13.2 Å². The second kappa shape index (κ2) is 6.70. The predicted molar refractivity (Wildman–Crippen MR) is 103 cm³/mol. The Balaban J connectivity index is 1.96. The normalized spacial score (nSPS) is 19.5. The third-order valence-electron chi connectivity index (χ3n) is 4.42. The molecule has 1 fully saturated rings. The lowest BCUT2D eigenvalue weighted by Crippen LogP contribution is -2.20. The Bertz CT molecular complexity index is 945. The second-order valence-corrected chi connectivity index (χ2v) is 10.2.